The second-order valence-corrected chi connectivity index (χ2v) is 5.76. The number of hydrogen-bond donors (Lipinski definition) is 2. The predicted molar refractivity (Wildman–Crippen MR) is 86.4 cm³/mol. The molecular formula is C18H21F2NO3. The molecule has 2 N–H and O–H groups in total. The molecule has 0 aliphatic heterocycles. The second-order valence-electron chi connectivity index (χ2n) is 5.76. The fourth-order valence-corrected chi connectivity index (χ4v) is 2.64. The van der Waals surface area contributed by atoms with Crippen LogP contribution < -0.4 is 5.32 Å². The number of carboxylic acid groups (broad SMARTS) is 1. The Bertz CT molecular complexity index is 688. The number of halogens is 2. The van der Waals surface area contributed by atoms with Gasteiger partial charge in [-0.3, -0.25) is 4.79 Å². The van der Waals surface area contributed by atoms with Gasteiger partial charge < -0.3 is 14.8 Å². The molecule has 0 radical (unpaired) electrons. The third kappa shape index (κ3) is 3.64. The van der Waals surface area contributed by atoms with E-state index in [-0.39, 0.29) is 17.9 Å². The lowest BCUT2D eigenvalue weighted by molar-refractivity contribution is -0.149. The van der Waals surface area contributed by atoms with Gasteiger partial charge in [0.15, 0.2) is 0 Å². The summed E-state index contributed by atoms with van der Waals surface area (Å²) < 4.78 is 33.0. The van der Waals surface area contributed by atoms with Gasteiger partial charge in [-0.15, -0.1) is 0 Å². The van der Waals surface area contributed by atoms with Crippen molar-refractivity contribution in [3.63, 3.8) is 0 Å². The SMILES string of the molecule is CCC(CC)(CNCc1ccc(-c2c(F)cccc2F)o1)C(=O)O. The molecule has 130 valence electrons. The average Bonchev–Trinajstić information content (AvgIpc) is 3.00. The van der Waals surface area contributed by atoms with Gasteiger partial charge in [-0.05, 0) is 37.1 Å². The van der Waals surface area contributed by atoms with E-state index in [9.17, 15) is 18.7 Å². The fraction of sp³-hybridized carbons (Fsp3) is 0.389. The highest BCUT2D eigenvalue weighted by molar-refractivity contribution is 5.74. The zero-order valence-corrected chi connectivity index (χ0v) is 13.7. The summed E-state index contributed by atoms with van der Waals surface area (Å²) in [6, 6.07) is 6.75. The molecule has 1 aromatic carbocycles. The molecule has 0 saturated carbocycles. The molecule has 0 spiro atoms. The lowest BCUT2D eigenvalue weighted by Crippen LogP contribution is -2.39. The van der Waals surface area contributed by atoms with Crippen LogP contribution in [0.5, 0.6) is 0 Å². The molecule has 1 heterocycles. The Morgan fingerprint density at radius 1 is 1.17 bits per heavy atom. The number of nitrogens with one attached hydrogen (secondary N) is 1. The number of aliphatic carboxylic acids is 1. The molecule has 0 aliphatic rings. The molecule has 0 atom stereocenters. The molecule has 4 nitrogen and oxygen atoms in total. The van der Waals surface area contributed by atoms with Crippen molar-refractivity contribution in [1.82, 2.24) is 5.32 Å². The molecule has 24 heavy (non-hydrogen) atoms. The minimum Gasteiger partial charge on any atom is -0.481 e. The van der Waals surface area contributed by atoms with Gasteiger partial charge in [-0.1, -0.05) is 19.9 Å². The summed E-state index contributed by atoms with van der Waals surface area (Å²) in [5.41, 5.74) is -1.03. The average molecular weight is 337 g/mol. The quantitative estimate of drug-likeness (QED) is 0.757. The number of rotatable bonds is 8. The van der Waals surface area contributed by atoms with Crippen molar-refractivity contribution in [3.8, 4) is 11.3 Å². The molecule has 0 fully saturated rings. The lowest BCUT2D eigenvalue weighted by atomic mass is 9.82. The summed E-state index contributed by atoms with van der Waals surface area (Å²) in [4.78, 5) is 11.4. The smallest absolute Gasteiger partial charge is 0.310 e. The molecule has 0 aliphatic carbocycles. The van der Waals surface area contributed by atoms with Crippen molar-refractivity contribution >= 4 is 5.97 Å². The van der Waals surface area contributed by atoms with Gasteiger partial charge in [0.25, 0.3) is 0 Å². The summed E-state index contributed by atoms with van der Waals surface area (Å²) >= 11 is 0. The van der Waals surface area contributed by atoms with Gasteiger partial charge in [0.1, 0.15) is 23.2 Å². The van der Waals surface area contributed by atoms with E-state index < -0.39 is 23.0 Å². The first-order valence-electron chi connectivity index (χ1n) is 7.90. The largest absolute Gasteiger partial charge is 0.481 e. The van der Waals surface area contributed by atoms with E-state index in [0.717, 1.165) is 0 Å². The van der Waals surface area contributed by atoms with Gasteiger partial charge in [0, 0.05) is 6.54 Å². The number of benzene rings is 1. The topological polar surface area (TPSA) is 62.5 Å². The first kappa shape index (κ1) is 18.1. The van der Waals surface area contributed by atoms with Crippen molar-refractivity contribution in [3.05, 3.63) is 47.7 Å². The van der Waals surface area contributed by atoms with Crippen LogP contribution in [0, 0.1) is 17.0 Å². The normalized spacial score (nSPS) is 11.7. The first-order chi connectivity index (χ1) is 11.4. The van der Waals surface area contributed by atoms with E-state index in [2.05, 4.69) is 5.32 Å². The minimum absolute atomic E-state index is 0.109. The number of carbonyl (C=O) groups is 1. The van der Waals surface area contributed by atoms with Crippen molar-refractivity contribution in [2.45, 2.75) is 33.2 Å². The first-order valence-corrected chi connectivity index (χ1v) is 7.90. The Hall–Kier alpha value is -2.21. The van der Waals surface area contributed by atoms with Gasteiger partial charge in [-0.2, -0.15) is 0 Å². The second kappa shape index (κ2) is 7.57. The molecule has 0 amide bonds. The molecule has 0 saturated heterocycles. The van der Waals surface area contributed by atoms with Gasteiger partial charge >= 0.3 is 5.97 Å². The number of furan rings is 1. The van der Waals surface area contributed by atoms with E-state index in [1.165, 1.54) is 24.3 Å². The van der Waals surface area contributed by atoms with Gasteiger partial charge in [0.2, 0.25) is 0 Å². The highest BCUT2D eigenvalue weighted by Gasteiger charge is 2.34. The molecule has 0 bridgehead atoms. The van der Waals surface area contributed by atoms with Crippen LogP contribution in [-0.2, 0) is 11.3 Å². The number of hydrogen-bond acceptors (Lipinski definition) is 3. The van der Waals surface area contributed by atoms with Crippen molar-refractivity contribution in [1.29, 1.82) is 0 Å². The third-order valence-electron chi connectivity index (χ3n) is 4.44. The summed E-state index contributed by atoms with van der Waals surface area (Å²) in [6.07, 6.45) is 1.02. The van der Waals surface area contributed by atoms with Crippen LogP contribution in [0.1, 0.15) is 32.4 Å². The van der Waals surface area contributed by atoms with Crippen molar-refractivity contribution < 1.29 is 23.1 Å². The van der Waals surface area contributed by atoms with Crippen LogP contribution >= 0.6 is 0 Å². The molecule has 6 heteroatoms. The predicted octanol–water partition coefficient (Wildman–Crippen LogP) is 4.21. The van der Waals surface area contributed by atoms with Crippen molar-refractivity contribution in [2.75, 3.05) is 6.54 Å². The highest BCUT2D eigenvalue weighted by Crippen LogP contribution is 2.28. The minimum atomic E-state index is -0.839. The number of carboxylic acids is 1. The van der Waals surface area contributed by atoms with Crippen LogP contribution in [0.2, 0.25) is 0 Å². The van der Waals surface area contributed by atoms with Crippen LogP contribution in [0.3, 0.4) is 0 Å². The summed E-state index contributed by atoms with van der Waals surface area (Å²) in [5.74, 6) is -1.62. The third-order valence-corrected chi connectivity index (χ3v) is 4.44. The van der Waals surface area contributed by atoms with Crippen LogP contribution in [0.25, 0.3) is 11.3 Å². The Labute approximate surface area is 139 Å². The maximum absolute atomic E-state index is 13.8. The molecule has 1 aromatic heterocycles. The van der Waals surface area contributed by atoms with Crippen LogP contribution in [0.4, 0.5) is 8.78 Å². The Morgan fingerprint density at radius 3 is 2.33 bits per heavy atom. The molecule has 2 rings (SSSR count). The van der Waals surface area contributed by atoms with Crippen LogP contribution in [-0.4, -0.2) is 17.6 Å². The summed E-state index contributed by atoms with van der Waals surface area (Å²) in [6.45, 7) is 4.25. The zero-order chi connectivity index (χ0) is 17.7. The summed E-state index contributed by atoms with van der Waals surface area (Å²) in [5, 5.41) is 12.4. The summed E-state index contributed by atoms with van der Waals surface area (Å²) in [7, 11) is 0. The maximum Gasteiger partial charge on any atom is 0.310 e. The van der Waals surface area contributed by atoms with Gasteiger partial charge in [-0.25, -0.2) is 8.78 Å². The fourth-order valence-electron chi connectivity index (χ4n) is 2.64. The van der Waals surface area contributed by atoms with Gasteiger partial charge in [0.05, 0.1) is 17.5 Å². The molecule has 2 aromatic rings. The van der Waals surface area contributed by atoms with E-state index in [1.807, 2.05) is 13.8 Å². The van der Waals surface area contributed by atoms with E-state index >= 15 is 0 Å². The van der Waals surface area contributed by atoms with Crippen LogP contribution in [0.15, 0.2) is 34.7 Å². The Kier molecular flexibility index (Phi) is 5.72. The zero-order valence-electron chi connectivity index (χ0n) is 13.7. The standard InChI is InChI=1S/C18H21F2NO3/c1-3-18(4-2,17(22)23)11-21-10-12-8-9-15(24-12)16-13(19)6-5-7-14(16)20/h5-9,21H,3-4,10-11H2,1-2H3,(H,22,23). The van der Waals surface area contributed by atoms with Crippen molar-refractivity contribution in [2.24, 2.45) is 5.41 Å². The molecule has 0 unspecified atom stereocenters. The highest BCUT2D eigenvalue weighted by atomic mass is 19.1. The van der Waals surface area contributed by atoms with E-state index in [1.54, 1.807) is 6.07 Å². The Morgan fingerprint density at radius 2 is 1.79 bits per heavy atom. The lowest BCUT2D eigenvalue weighted by Gasteiger charge is -2.26. The molecular weight excluding hydrogens is 316 g/mol. The Balaban J connectivity index is 2.06. The maximum atomic E-state index is 13.8. The van der Waals surface area contributed by atoms with E-state index in [0.29, 0.717) is 25.1 Å². The monoisotopic (exact) mass is 337 g/mol. The van der Waals surface area contributed by atoms with E-state index in [4.69, 9.17) is 4.42 Å².